The lowest BCUT2D eigenvalue weighted by atomic mass is 9.95. The molecule has 2 amide bonds. The summed E-state index contributed by atoms with van der Waals surface area (Å²) in [7, 11) is 0. The monoisotopic (exact) mass is 619 g/mol. The standard InChI is InChI=1S/C35H34FN7O3/c1-20-6-4-8-25(12-20)39-34(44)32-27-19-42(35(45)31-15-24(16-38-31)13-26-21(2)7-5-9-29(26)37)17-22(3)33(27)43(40-32)18-23-10-11-28(36)30(14-23)41-46/h4-12,14-16,22,38H,13,17-19,37H2,1-3H3,(H,39,44). The lowest BCUT2D eigenvalue weighted by Gasteiger charge is -2.32. The smallest absolute Gasteiger partial charge is 0.276 e. The molecule has 234 valence electrons. The van der Waals surface area contributed by atoms with Gasteiger partial charge in [-0.05, 0) is 83.2 Å². The molecule has 1 unspecified atom stereocenters. The summed E-state index contributed by atoms with van der Waals surface area (Å²) in [5.74, 6) is -1.50. The Labute approximate surface area is 265 Å². The van der Waals surface area contributed by atoms with Crippen molar-refractivity contribution in [3.63, 3.8) is 0 Å². The third kappa shape index (κ3) is 6.03. The maximum atomic E-state index is 14.0. The number of carbonyl (C=O) groups excluding carboxylic acids is 2. The first-order chi connectivity index (χ1) is 22.1. The average molecular weight is 620 g/mol. The SMILES string of the molecule is Cc1cccc(NC(=O)c2nn(Cc3ccc(F)c(N=O)c3)c3c2CN(C(=O)c2cc(Cc4c(C)cccc4N)c[nH]2)CC3C)c1. The van der Waals surface area contributed by atoms with Crippen molar-refractivity contribution in [3.8, 4) is 0 Å². The molecule has 0 radical (unpaired) electrons. The molecule has 0 saturated heterocycles. The fraction of sp³-hybridized carbons (Fsp3) is 0.229. The first kappa shape index (κ1) is 30.4. The number of carbonyl (C=O) groups is 2. The van der Waals surface area contributed by atoms with E-state index in [2.05, 4.69) is 15.5 Å². The Balaban J connectivity index is 1.31. The third-order valence-corrected chi connectivity index (χ3v) is 8.42. The zero-order valence-corrected chi connectivity index (χ0v) is 25.8. The molecule has 11 heteroatoms. The van der Waals surface area contributed by atoms with Crippen LogP contribution in [-0.2, 0) is 19.5 Å². The van der Waals surface area contributed by atoms with Crippen LogP contribution in [-0.4, -0.2) is 38.0 Å². The molecule has 0 fully saturated rings. The zero-order valence-electron chi connectivity index (χ0n) is 25.8. The Bertz CT molecular complexity index is 1960. The number of hydrogen-bond acceptors (Lipinski definition) is 6. The topological polar surface area (TPSA) is 138 Å². The van der Waals surface area contributed by atoms with Gasteiger partial charge < -0.3 is 20.9 Å². The van der Waals surface area contributed by atoms with Gasteiger partial charge in [-0.15, -0.1) is 4.91 Å². The molecule has 1 aliphatic heterocycles. The average Bonchev–Trinajstić information content (AvgIpc) is 3.65. The highest BCUT2D eigenvalue weighted by atomic mass is 19.1. The van der Waals surface area contributed by atoms with Gasteiger partial charge in [0.15, 0.2) is 11.5 Å². The minimum absolute atomic E-state index is 0.165. The molecule has 46 heavy (non-hydrogen) atoms. The Kier molecular flexibility index (Phi) is 8.23. The predicted octanol–water partition coefficient (Wildman–Crippen LogP) is 6.60. The van der Waals surface area contributed by atoms with E-state index in [1.165, 1.54) is 12.1 Å². The second kappa shape index (κ2) is 12.4. The number of nitrogens with one attached hydrogen (secondary N) is 2. The highest BCUT2D eigenvalue weighted by molar-refractivity contribution is 6.04. The summed E-state index contributed by atoms with van der Waals surface area (Å²) >= 11 is 0. The molecule has 0 spiro atoms. The van der Waals surface area contributed by atoms with E-state index in [0.717, 1.165) is 27.9 Å². The van der Waals surface area contributed by atoms with Crippen molar-refractivity contribution in [1.82, 2.24) is 19.7 Å². The van der Waals surface area contributed by atoms with Crippen molar-refractivity contribution < 1.29 is 14.0 Å². The summed E-state index contributed by atoms with van der Waals surface area (Å²) in [4.78, 5) is 43.5. The molecule has 3 heterocycles. The van der Waals surface area contributed by atoms with Crippen LogP contribution < -0.4 is 11.1 Å². The second-order valence-corrected chi connectivity index (χ2v) is 11.9. The maximum absolute atomic E-state index is 14.0. The van der Waals surface area contributed by atoms with Gasteiger partial charge in [0.05, 0.1) is 13.1 Å². The van der Waals surface area contributed by atoms with E-state index < -0.39 is 11.7 Å². The van der Waals surface area contributed by atoms with Crippen LogP contribution in [0.2, 0.25) is 0 Å². The number of H-pyrrole nitrogens is 1. The maximum Gasteiger partial charge on any atom is 0.276 e. The van der Waals surface area contributed by atoms with E-state index in [4.69, 9.17) is 10.8 Å². The van der Waals surface area contributed by atoms with Gasteiger partial charge in [-0.3, -0.25) is 14.3 Å². The fourth-order valence-electron chi connectivity index (χ4n) is 6.17. The number of anilines is 2. The Morgan fingerprint density at radius 1 is 1.09 bits per heavy atom. The van der Waals surface area contributed by atoms with Crippen LogP contribution in [0.3, 0.4) is 0 Å². The number of fused-ring (bicyclic) bond motifs is 1. The van der Waals surface area contributed by atoms with Crippen molar-refractivity contribution >= 4 is 28.9 Å². The van der Waals surface area contributed by atoms with Gasteiger partial charge in [0.1, 0.15) is 11.4 Å². The number of hydrogen-bond donors (Lipinski definition) is 3. The molecule has 1 atom stereocenters. The van der Waals surface area contributed by atoms with Crippen LogP contribution in [0.5, 0.6) is 0 Å². The summed E-state index contributed by atoms with van der Waals surface area (Å²) in [6, 6.07) is 19.2. The molecule has 5 aromatic rings. The minimum atomic E-state index is -0.711. The summed E-state index contributed by atoms with van der Waals surface area (Å²) in [6.07, 6.45) is 2.41. The van der Waals surface area contributed by atoms with Crippen molar-refractivity contribution in [1.29, 1.82) is 0 Å². The van der Waals surface area contributed by atoms with E-state index in [9.17, 15) is 18.9 Å². The Morgan fingerprint density at radius 2 is 1.89 bits per heavy atom. The minimum Gasteiger partial charge on any atom is -0.398 e. The van der Waals surface area contributed by atoms with Crippen molar-refractivity contribution in [2.75, 3.05) is 17.6 Å². The van der Waals surface area contributed by atoms with E-state index in [1.54, 1.807) is 21.7 Å². The molecule has 3 aromatic carbocycles. The molecule has 6 rings (SSSR count). The molecule has 4 N–H and O–H groups in total. The van der Waals surface area contributed by atoms with Crippen LogP contribution in [0.4, 0.5) is 21.5 Å². The van der Waals surface area contributed by atoms with Crippen LogP contribution >= 0.6 is 0 Å². The summed E-state index contributed by atoms with van der Waals surface area (Å²) in [5, 5.41) is 10.4. The molecule has 0 aliphatic carbocycles. The number of nitrogens with two attached hydrogens (primary N) is 1. The van der Waals surface area contributed by atoms with Gasteiger partial charge in [0.25, 0.3) is 11.8 Å². The zero-order chi connectivity index (χ0) is 32.5. The van der Waals surface area contributed by atoms with E-state index >= 15 is 0 Å². The van der Waals surface area contributed by atoms with E-state index in [0.29, 0.717) is 41.2 Å². The van der Waals surface area contributed by atoms with Gasteiger partial charge in [-0.25, -0.2) is 4.39 Å². The number of aromatic amines is 1. The van der Waals surface area contributed by atoms with Crippen molar-refractivity contribution in [3.05, 3.63) is 134 Å². The third-order valence-electron chi connectivity index (χ3n) is 8.42. The first-order valence-corrected chi connectivity index (χ1v) is 15.0. The number of aryl methyl sites for hydroxylation is 2. The Hall–Kier alpha value is -5.58. The molecule has 0 bridgehead atoms. The van der Waals surface area contributed by atoms with Gasteiger partial charge >= 0.3 is 0 Å². The van der Waals surface area contributed by atoms with Gasteiger partial charge in [0.2, 0.25) is 0 Å². The summed E-state index contributed by atoms with van der Waals surface area (Å²) in [5.41, 5.74) is 13.9. The summed E-state index contributed by atoms with van der Waals surface area (Å²) in [6.45, 7) is 6.66. The summed E-state index contributed by atoms with van der Waals surface area (Å²) < 4.78 is 15.7. The number of rotatable bonds is 8. The number of amides is 2. The predicted molar refractivity (Wildman–Crippen MR) is 175 cm³/mol. The van der Waals surface area contributed by atoms with E-state index in [1.807, 2.05) is 69.4 Å². The molecule has 0 saturated carbocycles. The number of nitrogens with zero attached hydrogens (tertiary/aromatic N) is 4. The number of aromatic nitrogens is 3. The molecular weight excluding hydrogens is 585 g/mol. The fourth-order valence-corrected chi connectivity index (χ4v) is 6.17. The lowest BCUT2D eigenvalue weighted by molar-refractivity contribution is 0.0711. The number of halogens is 1. The molecule has 2 aromatic heterocycles. The highest BCUT2D eigenvalue weighted by Crippen LogP contribution is 2.33. The van der Waals surface area contributed by atoms with Crippen LogP contribution in [0.1, 0.15) is 72.9 Å². The van der Waals surface area contributed by atoms with Crippen molar-refractivity contribution in [2.45, 2.75) is 46.2 Å². The van der Waals surface area contributed by atoms with Crippen LogP contribution in [0.25, 0.3) is 0 Å². The largest absolute Gasteiger partial charge is 0.398 e. The quantitative estimate of drug-likeness (QED) is 0.133. The van der Waals surface area contributed by atoms with Crippen LogP contribution in [0, 0.1) is 24.6 Å². The molecule has 1 aliphatic rings. The normalized spacial score (nSPS) is 14.2. The highest BCUT2D eigenvalue weighted by Gasteiger charge is 2.35. The van der Waals surface area contributed by atoms with Crippen LogP contribution in [0.15, 0.2) is 78.1 Å². The number of nitrogen functional groups attached to an aromatic ring is 1. The lowest BCUT2D eigenvalue weighted by Crippen LogP contribution is -2.38. The first-order valence-electron chi connectivity index (χ1n) is 15.0. The molecular formula is C35H34FN7O3. The van der Waals surface area contributed by atoms with Gasteiger partial charge in [-0.1, -0.05) is 37.3 Å². The van der Waals surface area contributed by atoms with E-state index in [-0.39, 0.29) is 36.3 Å². The number of nitroso groups, excluding NO2 is 1. The molecule has 10 nitrogen and oxygen atoms in total. The van der Waals surface area contributed by atoms with Gasteiger partial charge in [0, 0.05) is 47.7 Å². The second-order valence-electron chi connectivity index (χ2n) is 11.9. The number of benzene rings is 3. The van der Waals surface area contributed by atoms with Crippen molar-refractivity contribution in [2.24, 2.45) is 5.18 Å². The van der Waals surface area contributed by atoms with Gasteiger partial charge in [-0.2, -0.15) is 5.10 Å². The Morgan fingerprint density at radius 3 is 2.65 bits per heavy atom.